The molecule has 2 aromatic carbocycles. The lowest BCUT2D eigenvalue weighted by Gasteiger charge is -2.41. The number of ether oxygens (including phenoxy) is 2. The summed E-state index contributed by atoms with van der Waals surface area (Å²) in [5.41, 5.74) is 2.53. The van der Waals surface area contributed by atoms with Gasteiger partial charge in [-0.1, -0.05) is 45.2 Å². The third-order valence-electron chi connectivity index (χ3n) is 16.1. The van der Waals surface area contributed by atoms with E-state index in [1.165, 1.54) is 12.1 Å². The quantitative estimate of drug-likeness (QED) is 0.0376. The minimum absolute atomic E-state index is 0. The number of aryl methyl sites for hydroxylation is 6. The van der Waals surface area contributed by atoms with Gasteiger partial charge in [-0.15, -0.1) is 10.2 Å². The number of aliphatic hydroxyl groups is 1. The molecule has 6 aromatic rings. The van der Waals surface area contributed by atoms with Crippen LogP contribution in [0.1, 0.15) is 180 Å². The largest absolute Gasteiger partial charge is 0.512 e. The Morgan fingerprint density at radius 1 is 0.706 bits per heavy atom. The number of aromatic nitrogens is 8. The van der Waals surface area contributed by atoms with Gasteiger partial charge in [0.1, 0.15) is 40.8 Å². The number of fused-ring (bicyclic) bond motifs is 2. The summed E-state index contributed by atoms with van der Waals surface area (Å²) in [6.07, 6.45) is 11.1. The van der Waals surface area contributed by atoms with Crippen molar-refractivity contribution in [2.24, 2.45) is 11.8 Å². The molecule has 4 aromatic heterocycles. The third-order valence-corrected chi connectivity index (χ3v) is 16.1. The molecule has 2 aliphatic carbocycles. The molecule has 10 rings (SSSR count). The number of benzene rings is 2. The lowest BCUT2D eigenvalue weighted by molar-refractivity contribution is -0.178. The van der Waals surface area contributed by atoms with Crippen LogP contribution in [0.2, 0.25) is 0 Å². The van der Waals surface area contributed by atoms with Crippen LogP contribution in [0, 0.1) is 64.3 Å². The van der Waals surface area contributed by atoms with E-state index in [1.807, 2.05) is 78.0 Å². The molecule has 4 aliphatic rings. The van der Waals surface area contributed by atoms with Crippen LogP contribution in [-0.2, 0) is 54.2 Å². The van der Waals surface area contributed by atoms with E-state index in [1.54, 1.807) is 48.9 Å². The molecule has 1 N–H and O–H groups in total. The van der Waals surface area contributed by atoms with Crippen LogP contribution in [-0.4, -0.2) is 114 Å². The molecule has 0 unspecified atom stereocenters. The highest BCUT2D eigenvalue weighted by Gasteiger charge is 2.49. The Bertz CT molecular complexity index is 3490. The summed E-state index contributed by atoms with van der Waals surface area (Å²) in [7, 11) is 6.00. The summed E-state index contributed by atoms with van der Waals surface area (Å²) < 4.78 is 44.6. The van der Waals surface area contributed by atoms with E-state index in [0.29, 0.717) is 60.5 Å². The van der Waals surface area contributed by atoms with Gasteiger partial charge in [-0.2, -0.15) is 9.97 Å². The Hall–Kier alpha value is -7.78. The van der Waals surface area contributed by atoms with E-state index in [9.17, 15) is 33.1 Å². The highest BCUT2D eigenvalue weighted by Crippen LogP contribution is 2.47. The Morgan fingerprint density at radius 2 is 1.15 bits per heavy atom. The van der Waals surface area contributed by atoms with Crippen LogP contribution in [0.25, 0.3) is 21.2 Å². The SMILES string of the molecule is C.CN(C)C.Cc1cc(C)n2nc(C=O)nc2n1.[B].[C-]#[N+]C(C)(C)c1ccc(CC[C@]2(C3CCCC3)CC(=O)CC(=O)O2)cc1F.[C-]#[N+]C(C)(C)c1ccc(CC[C@]2(C3CCCC3)CC(O)=C(Cc3nc4nc(C)cc(C)n4n3)C(=O)O2)cc1F. The van der Waals surface area contributed by atoms with Crippen LogP contribution < -0.4 is 0 Å². The minimum Gasteiger partial charge on any atom is -0.512 e. The topological polar surface area (TPSA) is 205 Å². The number of rotatable bonds is 13. The Labute approximate surface area is 500 Å². The average molecular weight is 1170 g/mol. The number of hydrogen-bond donors (Lipinski definition) is 1. The van der Waals surface area contributed by atoms with Crippen LogP contribution in [0.3, 0.4) is 0 Å². The van der Waals surface area contributed by atoms with Gasteiger partial charge in [0.2, 0.25) is 5.82 Å². The summed E-state index contributed by atoms with van der Waals surface area (Å²) in [5, 5.41) is 19.6. The van der Waals surface area contributed by atoms with Crippen molar-refractivity contribution in [3.05, 3.63) is 151 Å². The van der Waals surface area contributed by atoms with Crippen molar-refractivity contribution in [2.75, 3.05) is 21.1 Å². The minimum atomic E-state index is -0.942. The molecule has 2 saturated carbocycles. The number of nitrogens with zero attached hydrogens (tertiary/aromatic N) is 11. The Kier molecular flexibility index (Phi) is 22.7. The number of hydrogen-bond acceptors (Lipinski definition) is 14. The van der Waals surface area contributed by atoms with E-state index >= 15 is 0 Å². The smallest absolute Gasteiger partial charge is 0.338 e. The standard InChI is InChI=1S/C30H34FN5O3.C22H26FNO3.C8H8N4O.C3H9N.CH4.B/c1-18-14-19(2)36-28(33-18)34-26(35-36)16-22-25(37)17-30(39-27(22)38,21-8-6-7-9-21)13-12-20-10-11-23(24(31)15-20)29(3,4)32-5;1-21(2,24-3)18-9-8-15(12-19(18)23)10-11-22(16-6-4-5-7-16)14-17(25)13-20(26)27-22;1-5-3-6(2)12-8(9-5)10-7(4-13)11-12;1-4(2)3;;/h10-11,14-15,21,37H,6-9,12-13,16-17H2,1-4H3;8-9,12,16H,4-7,10-11,13-14H2,1-2H3;3-4H,1-2H3;1-3H3;1H4;/t30-;22-;;;;/m11..../s1. The molecule has 21 heteroatoms. The van der Waals surface area contributed by atoms with Gasteiger partial charge in [0.15, 0.2) is 12.1 Å². The van der Waals surface area contributed by atoms with Crippen molar-refractivity contribution in [3.63, 3.8) is 0 Å². The molecular weight excluding hydrogens is 1080 g/mol. The number of halogens is 2. The van der Waals surface area contributed by atoms with Gasteiger partial charge in [-0.05, 0) is 160 Å². The lowest BCUT2D eigenvalue weighted by Crippen LogP contribution is -2.48. The molecule has 1 saturated heterocycles. The zero-order valence-corrected chi connectivity index (χ0v) is 50.3. The molecule has 6 heterocycles. The summed E-state index contributed by atoms with van der Waals surface area (Å²) in [6.45, 7) is 29.0. The maximum atomic E-state index is 14.9. The normalized spacial score (nSPS) is 19.0. The number of cyclic esters (lactones) is 2. The number of carbonyl (C=O) groups excluding carboxylic acids is 4. The van der Waals surface area contributed by atoms with Gasteiger partial charge < -0.3 is 29.2 Å². The molecule has 0 amide bonds. The van der Waals surface area contributed by atoms with E-state index < -0.39 is 40.0 Å². The van der Waals surface area contributed by atoms with Crippen molar-refractivity contribution < 1.29 is 42.5 Å². The highest BCUT2D eigenvalue weighted by molar-refractivity contribution is 5.98. The van der Waals surface area contributed by atoms with Crippen molar-refractivity contribution in [3.8, 4) is 0 Å². The molecule has 0 bridgehead atoms. The van der Waals surface area contributed by atoms with Crippen LogP contribution in [0.15, 0.2) is 59.9 Å². The predicted octanol–water partition coefficient (Wildman–Crippen LogP) is 11.6. The fraction of sp³-hybridized carbons (Fsp3) is 0.531. The predicted molar refractivity (Wildman–Crippen MR) is 320 cm³/mol. The fourth-order valence-corrected chi connectivity index (χ4v) is 11.8. The summed E-state index contributed by atoms with van der Waals surface area (Å²) >= 11 is 0. The van der Waals surface area contributed by atoms with E-state index in [2.05, 4.69) is 39.8 Å². The van der Waals surface area contributed by atoms with Crippen LogP contribution in [0.4, 0.5) is 8.78 Å². The van der Waals surface area contributed by atoms with E-state index in [-0.39, 0.29) is 82.1 Å². The first-order valence-corrected chi connectivity index (χ1v) is 28.4. The summed E-state index contributed by atoms with van der Waals surface area (Å²) in [6, 6.07) is 13.7. The Balaban J connectivity index is 0.000000247. The summed E-state index contributed by atoms with van der Waals surface area (Å²) in [4.78, 5) is 73.8. The molecule has 85 heavy (non-hydrogen) atoms. The highest BCUT2D eigenvalue weighted by atomic mass is 19.1. The number of ketones is 1. The van der Waals surface area contributed by atoms with Gasteiger partial charge in [-0.25, -0.2) is 45.7 Å². The van der Waals surface area contributed by atoms with E-state index in [4.69, 9.17) is 22.6 Å². The van der Waals surface area contributed by atoms with Gasteiger partial charge >= 0.3 is 11.9 Å². The van der Waals surface area contributed by atoms with Crippen molar-refractivity contribution in [1.82, 2.24) is 44.1 Å². The van der Waals surface area contributed by atoms with Crippen molar-refractivity contribution in [2.45, 2.75) is 188 Å². The first-order chi connectivity index (χ1) is 39.2. The first kappa shape index (κ1) is 68.0. The molecule has 18 nitrogen and oxygen atoms in total. The first-order valence-electron chi connectivity index (χ1n) is 28.4. The maximum absolute atomic E-state index is 14.9. The van der Waals surface area contributed by atoms with Gasteiger partial charge in [0.05, 0.1) is 16.7 Å². The molecule has 2 aliphatic heterocycles. The van der Waals surface area contributed by atoms with Crippen molar-refractivity contribution >= 4 is 44.0 Å². The zero-order chi connectivity index (χ0) is 60.6. The second-order valence-electron chi connectivity index (χ2n) is 24.1. The zero-order valence-electron chi connectivity index (χ0n) is 50.3. The van der Waals surface area contributed by atoms with Crippen molar-refractivity contribution in [1.29, 1.82) is 0 Å². The number of Topliss-reactive ketones (excluding diaryl/α,β-unsaturated/α-hetero) is 1. The monoisotopic (exact) mass is 1160 g/mol. The molecule has 3 radical (unpaired) electrons. The second-order valence-corrected chi connectivity index (χ2v) is 24.1. The fourth-order valence-electron chi connectivity index (χ4n) is 11.8. The van der Waals surface area contributed by atoms with E-state index in [0.717, 1.165) is 85.3 Å². The van der Waals surface area contributed by atoms with Gasteiger partial charge in [0, 0.05) is 78.1 Å². The lowest BCUT2D eigenvalue weighted by atomic mass is 9.76. The number of aliphatic hydroxyl groups excluding tert-OH is 1. The van der Waals surface area contributed by atoms with Gasteiger partial charge in [-0.3, -0.25) is 14.4 Å². The molecule has 2 atom stereocenters. The number of esters is 2. The molecule has 3 fully saturated rings. The second kappa shape index (κ2) is 28.4. The van der Waals surface area contributed by atoms with Crippen LogP contribution >= 0.6 is 0 Å². The third kappa shape index (κ3) is 16.4. The number of aldehydes is 1. The summed E-state index contributed by atoms with van der Waals surface area (Å²) in [5.74, 6) is -0.0174. The average Bonchev–Trinajstić information content (AvgIpc) is 2.87. The molecule has 0 spiro atoms. The molecular formula is C64H81BF2N11O7. The maximum Gasteiger partial charge on any atom is 0.338 e. The van der Waals surface area contributed by atoms with Crippen LogP contribution in [0.5, 0.6) is 0 Å². The Morgan fingerprint density at radius 3 is 1.58 bits per heavy atom. The molecule has 451 valence electrons. The van der Waals surface area contributed by atoms with Gasteiger partial charge in [0.25, 0.3) is 22.6 Å². The number of carbonyl (C=O) groups is 4.